The number of hydrogen-bond donors (Lipinski definition) is 0. The van der Waals surface area contributed by atoms with Crippen molar-refractivity contribution in [3.05, 3.63) is 28.7 Å². The summed E-state index contributed by atoms with van der Waals surface area (Å²) in [6.07, 6.45) is 6.70. The minimum absolute atomic E-state index is 0.171. The fourth-order valence-electron chi connectivity index (χ4n) is 3.33. The van der Waals surface area contributed by atoms with Crippen LogP contribution in [0.2, 0.25) is 0 Å². The molecule has 6 heteroatoms. The Kier molecular flexibility index (Phi) is 8.90. The number of benzene rings is 1. The molecule has 154 valence electrons. The van der Waals surface area contributed by atoms with Crippen molar-refractivity contribution >= 4 is 29.1 Å². The molecule has 28 heavy (non-hydrogen) atoms. The monoisotopic (exact) mass is 405 g/mol. The normalized spacial score (nSPS) is 14.2. The number of rotatable bonds is 12. The smallest absolute Gasteiger partial charge is 0.267 e. The van der Waals surface area contributed by atoms with Crippen LogP contribution in [-0.2, 0) is 9.59 Å². The third-order valence-electron chi connectivity index (χ3n) is 4.82. The SMILES string of the molecule is CCCCCCCCN1C(=O)C(SCC)=C(c2ccc(OC)c(OC)c2)C1=O. The van der Waals surface area contributed by atoms with Gasteiger partial charge < -0.3 is 9.47 Å². The van der Waals surface area contributed by atoms with Gasteiger partial charge in [0.05, 0.1) is 24.7 Å². The third-order valence-corrected chi connectivity index (χ3v) is 5.78. The van der Waals surface area contributed by atoms with Crippen molar-refractivity contribution in [3.63, 3.8) is 0 Å². The Balaban J connectivity index is 2.19. The second-order valence-electron chi connectivity index (χ2n) is 6.74. The van der Waals surface area contributed by atoms with Gasteiger partial charge in [-0.25, -0.2) is 0 Å². The van der Waals surface area contributed by atoms with E-state index in [1.807, 2.05) is 13.0 Å². The number of carbonyl (C=O) groups is 2. The largest absolute Gasteiger partial charge is 0.493 e. The predicted octanol–water partition coefficient (Wildman–Crippen LogP) is 4.90. The van der Waals surface area contributed by atoms with E-state index in [0.29, 0.717) is 34.1 Å². The van der Waals surface area contributed by atoms with Crippen molar-refractivity contribution in [2.75, 3.05) is 26.5 Å². The van der Waals surface area contributed by atoms with E-state index in [1.165, 1.54) is 35.9 Å². The quantitative estimate of drug-likeness (QED) is 0.366. The van der Waals surface area contributed by atoms with Crippen LogP contribution in [0.5, 0.6) is 11.5 Å². The molecule has 2 rings (SSSR count). The molecular formula is C22H31NO4S. The fraction of sp³-hybridized carbons (Fsp3) is 0.545. The van der Waals surface area contributed by atoms with Gasteiger partial charge in [-0.15, -0.1) is 11.8 Å². The van der Waals surface area contributed by atoms with Crippen LogP contribution in [0, 0.1) is 0 Å². The number of hydrogen-bond acceptors (Lipinski definition) is 5. The van der Waals surface area contributed by atoms with Gasteiger partial charge in [0.1, 0.15) is 0 Å². The van der Waals surface area contributed by atoms with E-state index in [-0.39, 0.29) is 11.8 Å². The Labute approximate surface area is 172 Å². The lowest BCUT2D eigenvalue weighted by molar-refractivity contribution is -0.136. The van der Waals surface area contributed by atoms with Crippen LogP contribution in [0.1, 0.15) is 57.9 Å². The maximum atomic E-state index is 13.1. The van der Waals surface area contributed by atoms with Crippen LogP contribution in [0.25, 0.3) is 5.57 Å². The van der Waals surface area contributed by atoms with Gasteiger partial charge in [-0.3, -0.25) is 14.5 Å². The summed E-state index contributed by atoms with van der Waals surface area (Å²) in [5.74, 6) is 1.49. The number of unbranched alkanes of at least 4 members (excludes halogenated alkanes) is 5. The molecule has 1 heterocycles. The molecule has 0 saturated heterocycles. The van der Waals surface area contributed by atoms with Gasteiger partial charge in [0.15, 0.2) is 11.5 Å². The molecule has 1 aromatic rings. The fourth-order valence-corrected chi connectivity index (χ4v) is 4.20. The molecule has 1 aliphatic heterocycles. The average Bonchev–Trinajstić information content (AvgIpc) is 2.94. The Hall–Kier alpha value is -1.95. The Morgan fingerprint density at radius 3 is 2.21 bits per heavy atom. The van der Waals surface area contributed by atoms with Crippen molar-refractivity contribution in [2.45, 2.75) is 52.4 Å². The van der Waals surface area contributed by atoms with Crippen molar-refractivity contribution in [1.29, 1.82) is 0 Å². The highest BCUT2D eigenvalue weighted by molar-refractivity contribution is 8.04. The summed E-state index contributed by atoms with van der Waals surface area (Å²) in [5.41, 5.74) is 1.17. The molecule has 0 atom stereocenters. The second-order valence-corrected chi connectivity index (χ2v) is 8.01. The van der Waals surface area contributed by atoms with Gasteiger partial charge in [-0.2, -0.15) is 0 Å². The highest BCUT2D eigenvalue weighted by Crippen LogP contribution is 2.39. The number of ether oxygens (including phenoxy) is 2. The molecule has 0 unspecified atom stereocenters. The highest BCUT2D eigenvalue weighted by atomic mass is 32.2. The standard InChI is InChI=1S/C22H31NO4S/c1-5-7-8-9-10-11-14-23-21(24)19(20(22(23)25)28-6-2)16-12-13-17(26-3)18(15-16)27-4/h12-13,15H,5-11,14H2,1-4H3. The number of imide groups is 1. The van der Waals surface area contributed by atoms with Gasteiger partial charge in [0.2, 0.25) is 0 Å². The number of carbonyl (C=O) groups excluding carboxylic acids is 2. The van der Waals surface area contributed by atoms with E-state index in [1.54, 1.807) is 26.4 Å². The van der Waals surface area contributed by atoms with Crippen LogP contribution >= 0.6 is 11.8 Å². The first kappa shape index (κ1) is 22.3. The lowest BCUT2D eigenvalue weighted by Crippen LogP contribution is -2.32. The van der Waals surface area contributed by atoms with Gasteiger partial charge in [0, 0.05) is 6.54 Å². The zero-order valence-electron chi connectivity index (χ0n) is 17.4. The maximum Gasteiger partial charge on any atom is 0.267 e. The number of methoxy groups -OCH3 is 2. The van der Waals surface area contributed by atoms with Crippen molar-refractivity contribution in [2.24, 2.45) is 0 Å². The summed E-state index contributed by atoms with van der Waals surface area (Å²) in [5, 5.41) is 0. The van der Waals surface area contributed by atoms with Crippen molar-refractivity contribution in [1.82, 2.24) is 4.90 Å². The van der Waals surface area contributed by atoms with Crippen LogP contribution in [0.15, 0.2) is 23.1 Å². The first-order valence-corrected chi connectivity index (χ1v) is 11.0. The van der Waals surface area contributed by atoms with E-state index < -0.39 is 0 Å². The number of nitrogens with zero attached hydrogens (tertiary/aromatic N) is 1. The summed E-state index contributed by atoms with van der Waals surface area (Å²) >= 11 is 1.43. The summed E-state index contributed by atoms with van der Waals surface area (Å²) in [4.78, 5) is 27.9. The highest BCUT2D eigenvalue weighted by Gasteiger charge is 2.38. The lowest BCUT2D eigenvalue weighted by Gasteiger charge is -2.15. The van der Waals surface area contributed by atoms with Crippen molar-refractivity contribution < 1.29 is 19.1 Å². The zero-order chi connectivity index (χ0) is 20.5. The van der Waals surface area contributed by atoms with Gasteiger partial charge >= 0.3 is 0 Å². The van der Waals surface area contributed by atoms with E-state index >= 15 is 0 Å². The molecule has 0 fully saturated rings. The Morgan fingerprint density at radius 1 is 0.893 bits per heavy atom. The molecule has 0 aliphatic carbocycles. The molecule has 0 aromatic heterocycles. The predicted molar refractivity (Wildman–Crippen MR) is 115 cm³/mol. The minimum Gasteiger partial charge on any atom is -0.493 e. The molecule has 0 bridgehead atoms. The summed E-state index contributed by atoms with van der Waals surface area (Å²) in [7, 11) is 3.13. The average molecular weight is 406 g/mol. The first-order chi connectivity index (χ1) is 13.6. The number of thioether (sulfide) groups is 1. The molecule has 2 amide bonds. The molecule has 1 aromatic carbocycles. The lowest BCUT2D eigenvalue weighted by atomic mass is 10.1. The van der Waals surface area contributed by atoms with Crippen LogP contribution in [0.4, 0.5) is 0 Å². The van der Waals surface area contributed by atoms with E-state index in [2.05, 4.69) is 6.92 Å². The summed E-state index contributed by atoms with van der Waals surface area (Å²) in [6, 6.07) is 5.35. The molecule has 0 spiro atoms. The molecular weight excluding hydrogens is 374 g/mol. The van der Waals surface area contributed by atoms with Crippen LogP contribution < -0.4 is 9.47 Å². The molecule has 0 N–H and O–H groups in total. The van der Waals surface area contributed by atoms with E-state index in [4.69, 9.17) is 9.47 Å². The molecule has 0 saturated carbocycles. The third kappa shape index (κ3) is 5.10. The zero-order valence-corrected chi connectivity index (χ0v) is 18.2. The van der Waals surface area contributed by atoms with Crippen LogP contribution in [0.3, 0.4) is 0 Å². The Morgan fingerprint density at radius 2 is 1.57 bits per heavy atom. The summed E-state index contributed by atoms with van der Waals surface area (Å²) < 4.78 is 10.7. The second kappa shape index (κ2) is 11.1. The molecule has 1 aliphatic rings. The Bertz CT molecular complexity index is 729. The van der Waals surface area contributed by atoms with Gasteiger partial charge in [-0.1, -0.05) is 52.0 Å². The first-order valence-electron chi connectivity index (χ1n) is 10.0. The minimum atomic E-state index is -0.207. The van der Waals surface area contributed by atoms with Gasteiger partial charge in [-0.05, 0) is 29.9 Å². The molecule has 0 radical (unpaired) electrons. The maximum absolute atomic E-state index is 13.1. The summed E-state index contributed by atoms with van der Waals surface area (Å²) in [6.45, 7) is 4.66. The topological polar surface area (TPSA) is 55.8 Å². The van der Waals surface area contributed by atoms with E-state index in [0.717, 1.165) is 25.0 Å². The van der Waals surface area contributed by atoms with E-state index in [9.17, 15) is 9.59 Å². The van der Waals surface area contributed by atoms with Gasteiger partial charge in [0.25, 0.3) is 11.8 Å². The van der Waals surface area contributed by atoms with Crippen molar-refractivity contribution in [3.8, 4) is 11.5 Å². The molecule has 5 nitrogen and oxygen atoms in total. The number of amides is 2. The van der Waals surface area contributed by atoms with Crippen LogP contribution in [-0.4, -0.2) is 43.2 Å².